The zero-order chi connectivity index (χ0) is 13.9. The second-order valence-corrected chi connectivity index (χ2v) is 7.77. The van der Waals surface area contributed by atoms with Gasteiger partial charge in [0, 0.05) is 25.0 Å². The Morgan fingerprint density at radius 2 is 1.90 bits per heavy atom. The highest BCUT2D eigenvalue weighted by Crippen LogP contribution is 2.36. The van der Waals surface area contributed by atoms with E-state index in [1.165, 1.54) is 49.6 Å². The molecular formula is C16H27N3S. The Kier molecular flexibility index (Phi) is 4.61. The van der Waals surface area contributed by atoms with E-state index in [2.05, 4.69) is 29.4 Å². The lowest BCUT2D eigenvalue weighted by molar-refractivity contribution is 0.549. The molecule has 0 amide bonds. The van der Waals surface area contributed by atoms with Crippen molar-refractivity contribution in [3.63, 3.8) is 0 Å². The van der Waals surface area contributed by atoms with Crippen LogP contribution in [0.3, 0.4) is 0 Å². The summed E-state index contributed by atoms with van der Waals surface area (Å²) in [6.45, 7) is 8.95. The van der Waals surface area contributed by atoms with Gasteiger partial charge in [0.1, 0.15) is 0 Å². The standard InChI is InChI=1S/C16H27N3S/c1-12(2)7-17-8-15-11-20-16(18-15)19(9-13-3-4-13)10-14-5-6-14/h11-14,17H,3-10H2,1-2H3. The monoisotopic (exact) mass is 293 g/mol. The molecule has 4 heteroatoms. The Balaban J connectivity index is 1.54. The maximum absolute atomic E-state index is 4.85. The van der Waals surface area contributed by atoms with E-state index in [1.807, 2.05) is 11.3 Å². The highest BCUT2D eigenvalue weighted by Gasteiger charge is 2.30. The van der Waals surface area contributed by atoms with Gasteiger partial charge in [-0.2, -0.15) is 0 Å². The number of hydrogen-bond acceptors (Lipinski definition) is 4. The lowest BCUT2D eigenvalue weighted by Gasteiger charge is -2.21. The van der Waals surface area contributed by atoms with E-state index in [-0.39, 0.29) is 0 Å². The van der Waals surface area contributed by atoms with Crippen molar-refractivity contribution in [2.75, 3.05) is 24.5 Å². The lowest BCUT2D eigenvalue weighted by atomic mass is 10.2. The van der Waals surface area contributed by atoms with Crippen LogP contribution in [0.1, 0.15) is 45.2 Å². The highest BCUT2D eigenvalue weighted by molar-refractivity contribution is 7.13. The van der Waals surface area contributed by atoms with Crippen LogP contribution in [-0.4, -0.2) is 24.6 Å². The number of rotatable bonds is 9. The van der Waals surface area contributed by atoms with Crippen LogP contribution in [0.2, 0.25) is 0 Å². The molecule has 2 aliphatic rings. The number of nitrogens with zero attached hydrogens (tertiary/aromatic N) is 2. The molecule has 0 atom stereocenters. The molecule has 1 aromatic heterocycles. The van der Waals surface area contributed by atoms with E-state index in [0.29, 0.717) is 5.92 Å². The molecule has 0 aromatic carbocycles. The zero-order valence-corrected chi connectivity index (χ0v) is 13.6. The Morgan fingerprint density at radius 1 is 1.25 bits per heavy atom. The molecule has 2 fully saturated rings. The summed E-state index contributed by atoms with van der Waals surface area (Å²) in [5, 5.41) is 6.97. The molecule has 0 unspecified atom stereocenters. The van der Waals surface area contributed by atoms with Crippen LogP contribution in [0.25, 0.3) is 0 Å². The second-order valence-electron chi connectivity index (χ2n) is 6.94. The van der Waals surface area contributed by atoms with Crippen LogP contribution >= 0.6 is 11.3 Å². The largest absolute Gasteiger partial charge is 0.348 e. The van der Waals surface area contributed by atoms with Crippen molar-refractivity contribution in [1.29, 1.82) is 0 Å². The fourth-order valence-corrected chi connectivity index (χ4v) is 3.31. The van der Waals surface area contributed by atoms with Crippen molar-refractivity contribution >= 4 is 16.5 Å². The summed E-state index contributed by atoms with van der Waals surface area (Å²) in [6.07, 6.45) is 5.70. The first-order chi connectivity index (χ1) is 9.70. The van der Waals surface area contributed by atoms with Crippen molar-refractivity contribution < 1.29 is 0 Å². The first-order valence-electron chi connectivity index (χ1n) is 8.10. The normalized spacial score (nSPS) is 18.8. The Labute approximate surface area is 126 Å². The Hall–Kier alpha value is -0.610. The summed E-state index contributed by atoms with van der Waals surface area (Å²) < 4.78 is 0. The highest BCUT2D eigenvalue weighted by atomic mass is 32.1. The summed E-state index contributed by atoms with van der Waals surface area (Å²) in [4.78, 5) is 7.41. The summed E-state index contributed by atoms with van der Waals surface area (Å²) in [6, 6.07) is 0. The van der Waals surface area contributed by atoms with Crippen LogP contribution in [0.5, 0.6) is 0 Å². The molecule has 3 nitrogen and oxygen atoms in total. The van der Waals surface area contributed by atoms with Crippen molar-refractivity contribution in [2.45, 2.75) is 46.1 Å². The van der Waals surface area contributed by atoms with Gasteiger partial charge in [-0.05, 0) is 50.0 Å². The van der Waals surface area contributed by atoms with Gasteiger partial charge in [0.15, 0.2) is 5.13 Å². The molecule has 0 saturated heterocycles. The molecule has 0 spiro atoms. The first kappa shape index (κ1) is 14.3. The van der Waals surface area contributed by atoms with Crippen LogP contribution in [0.15, 0.2) is 5.38 Å². The minimum absolute atomic E-state index is 0.703. The number of thiazole rings is 1. The average Bonchev–Trinajstić information content (AvgIpc) is 3.32. The van der Waals surface area contributed by atoms with Crippen molar-refractivity contribution in [1.82, 2.24) is 10.3 Å². The fraction of sp³-hybridized carbons (Fsp3) is 0.812. The topological polar surface area (TPSA) is 28.2 Å². The smallest absolute Gasteiger partial charge is 0.185 e. The van der Waals surface area contributed by atoms with Gasteiger partial charge >= 0.3 is 0 Å². The van der Waals surface area contributed by atoms with Gasteiger partial charge in [-0.25, -0.2) is 4.98 Å². The van der Waals surface area contributed by atoms with Gasteiger partial charge < -0.3 is 10.2 Å². The summed E-state index contributed by atoms with van der Waals surface area (Å²) in [7, 11) is 0. The molecule has 0 radical (unpaired) electrons. The molecular weight excluding hydrogens is 266 g/mol. The molecule has 0 bridgehead atoms. The molecule has 1 aromatic rings. The van der Waals surface area contributed by atoms with Crippen molar-refractivity contribution in [2.24, 2.45) is 17.8 Å². The van der Waals surface area contributed by atoms with E-state index < -0.39 is 0 Å². The summed E-state index contributed by atoms with van der Waals surface area (Å²) in [5.41, 5.74) is 1.21. The van der Waals surface area contributed by atoms with Crippen LogP contribution in [-0.2, 0) is 6.54 Å². The molecule has 20 heavy (non-hydrogen) atoms. The maximum Gasteiger partial charge on any atom is 0.185 e. The first-order valence-corrected chi connectivity index (χ1v) is 8.98. The summed E-state index contributed by atoms with van der Waals surface area (Å²) in [5.74, 6) is 2.59. The Bertz CT molecular complexity index is 407. The summed E-state index contributed by atoms with van der Waals surface area (Å²) >= 11 is 1.83. The quantitative estimate of drug-likeness (QED) is 0.755. The third kappa shape index (κ3) is 4.45. The van der Waals surface area contributed by atoms with Crippen LogP contribution in [0, 0.1) is 17.8 Å². The van der Waals surface area contributed by atoms with E-state index in [1.54, 1.807) is 0 Å². The predicted molar refractivity (Wildman–Crippen MR) is 86.3 cm³/mol. The second kappa shape index (κ2) is 6.44. The van der Waals surface area contributed by atoms with Gasteiger partial charge in [0.25, 0.3) is 0 Å². The van der Waals surface area contributed by atoms with Gasteiger partial charge in [-0.1, -0.05) is 13.8 Å². The van der Waals surface area contributed by atoms with E-state index in [4.69, 9.17) is 4.98 Å². The van der Waals surface area contributed by atoms with Gasteiger partial charge in [0.2, 0.25) is 0 Å². The van der Waals surface area contributed by atoms with E-state index in [0.717, 1.165) is 24.9 Å². The molecule has 2 saturated carbocycles. The number of aromatic nitrogens is 1. The van der Waals surface area contributed by atoms with E-state index >= 15 is 0 Å². The van der Waals surface area contributed by atoms with Gasteiger partial charge in [-0.3, -0.25) is 0 Å². The third-order valence-electron chi connectivity index (χ3n) is 4.02. The molecule has 0 aliphatic heterocycles. The van der Waals surface area contributed by atoms with Crippen LogP contribution in [0.4, 0.5) is 5.13 Å². The predicted octanol–water partition coefficient (Wildman–Crippen LogP) is 3.52. The fourth-order valence-electron chi connectivity index (χ4n) is 2.47. The third-order valence-corrected chi connectivity index (χ3v) is 4.97. The molecule has 3 rings (SSSR count). The van der Waals surface area contributed by atoms with Crippen LogP contribution < -0.4 is 10.2 Å². The number of nitrogens with one attached hydrogen (secondary N) is 1. The molecule has 1 heterocycles. The maximum atomic E-state index is 4.85. The van der Waals surface area contributed by atoms with Crippen molar-refractivity contribution in [3.05, 3.63) is 11.1 Å². The molecule has 1 N–H and O–H groups in total. The molecule has 2 aliphatic carbocycles. The molecule has 112 valence electrons. The van der Waals surface area contributed by atoms with Gasteiger partial charge in [-0.15, -0.1) is 11.3 Å². The Morgan fingerprint density at radius 3 is 2.45 bits per heavy atom. The average molecular weight is 293 g/mol. The minimum Gasteiger partial charge on any atom is -0.348 e. The number of hydrogen-bond donors (Lipinski definition) is 1. The zero-order valence-electron chi connectivity index (χ0n) is 12.8. The van der Waals surface area contributed by atoms with E-state index in [9.17, 15) is 0 Å². The SMILES string of the molecule is CC(C)CNCc1csc(N(CC2CC2)CC2CC2)n1. The van der Waals surface area contributed by atoms with Crippen molar-refractivity contribution in [3.8, 4) is 0 Å². The number of anilines is 1. The van der Waals surface area contributed by atoms with Gasteiger partial charge in [0.05, 0.1) is 5.69 Å². The lowest BCUT2D eigenvalue weighted by Crippen LogP contribution is -2.28. The minimum atomic E-state index is 0.703.